The summed E-state index contributed by atoms with van der Waals surface area (Å²) in [5.74, 6) is 3.17. The summed E-state index contributed by atoms with van der Waals surface area (Å²) >= 11 is 0. The maximum atomic E-state index is 8.56. The van der Waals surface area contributed by atoms with Crippen molar-refractivity contribution in [2.45, 2.75) is 46.3 Å². The number of aliphatic hydroxyl groups excluding tert-OH is 2. The number of rotatable bonds is 8. The molecule has 0 aliphatic heterocycles. The predicted octanol–water partition coefficient (Wildman–Crippen LogP) is 9.75. The third-order valence-electron chi connectivity index (χ3n) is 8.49. The molecule has 6 aromatic carbocycles. The molecule has 0 fully saturated rings. The normalized spacial score (nSPS) is 11.3. The SMILES string of the molecule is CC(O)CC(C)O.Cc1nc(-c2[c-]cccc2)n(-c2cccc(-c3ccccc3)c2)n1.Cc1nc(-c2ccccc2)n(-c2cccc(-c3ccccc3)c2)n1.[Ir].[Ir]. The van der Waals surface area contributed by atoms with Gasteiger partial charge in [-0.1, -0.05) is 115 Å². The fraction of sp³-hybridized carbons (Fsp3) is 0.149. The van der Waals surface area contributed by atoms with Gasteiger partial charge in [0.15, 0.2) is 5.82 Å². The number of aromatic nitrogens is 6. The quantitative estimate of drug-likeness (QED) is 0.147. The number of aryl methyl sites for hydroxylation is 2. The smallest absolute Gasteiger partial charge is 0.163 e. The fourth-order valence-electron chi connectivity index (χ4n) is 6.06. The Morgan fingerprint density at radius 3 is 1.32 bits per heavy atom. The summed E-state index contributed by atoms with van der Waals surface area (Å²) in [6, 6.07) is 58.6. The molecule has 0 amide bonds. The van der Waals surface area contributed by atoms with Crippen molar-refractivity contribution in [3.05, 3.63) is 182 Å². The Labute approximate surface area is 362 Å². The van der Waals surface area contributed by atoms with Gasteiger partial charge in [-0.2, -0.15) is 10.2 Å². The zero-order chi connectivity index (χ0) is 38.6. The van der Waals surface area contributed by atoms with Crippen LogP contribution in [-0.2, 0) is 40.2 Å². The van der Waals surface area contributed by atoms with E-state index in [0.717, 1.165) is 51.4 Å². The van der Waals surface area contributed by atoms with Gasteiger partial charge in [0.25, 0.3) is 0 Å². The van der Waals surface area contributed by atoms with E-state index in [9.17, 15) is 0 Å². The van der Waals surface area contributed by atoms with E-state index in [2.05, 4.69) is 111 Å². The first-order valence-corrected chi connectivity index (χ1v) is 18.3. The molecule has 10 heteroatoms. The molecule has 0 aliphatic rings. The van der Waals surface area contributed by atoms with Gasteiger partial charge >= 0.3 is 0 Å². The largest absolute Gasteiger partial charge is 0.393 e. The van der Waals surface area contributed by atoms with Gasteiger partial charge in [-0.25, -0.2) is 9.67 Å². The maximum Gasteiger partial charge on any atom is 0.163 e. The van der Waals surface area contributed by atoms with Gasteiger partial charge < -0.3 is 10.2 Å². The van der Waals surface area contributed by atoms with Crippen molar-refractivity contribution in [3.63, 3.8) is 0 Å². The van der Waals surface area contributed by atoms with E-state index >= 15 is 0 Å². The van der Waals surface area contributed by atoms with E-state index in [-0.39, 0.29) is 52.4 Å². The summed E-state index contributed by atoms with van der Waals surface area (Å²) < 4.78 is 3.80. The van der Waals surface area contributed by atoms with Crippen LogP contribution in [0, 0.1) is 19.9 Å². The van der Waals surface area contributed by atoms with E-state index in [1.54, 1.807) is 13.8 Å². The van der Waals surface area contributed by atoms with Crippen molar-refractivity contribution in [2.24, 2.45) is 0 Å². The van der Waals surface area contributed by atoms with Gasteiger partial charge in [-0.15, -0.1) is 35.9 Å². The van der Waals surface area contributed by atoms with Gasteiger partial charge in [-0.05, 0) is 80.6 Å². The van der Waals surface area contributed by atoms with Crippen molar-refractivity contribution in [1.29, 1.82) is 0 Å². The molecule has 8 rings (SSSR count). The molecule has 294 valence electrons. The first-order valence-electron chi connectivity index (χ1n) is 18.3. The number of aliphatic hydroxyl groups is 2. The number of hydrogen-bond donors (Lipinski definition) is 2. The van der Waals surface area contributed by atoms with Crippen LogP contribution in [-0.4, -0.2) is 51.9 Å². The van der Waals surface area contributed by atoms with Crippen LogP contribution in [0.5, 0.6) is 0 Å². The molecule has 0 spiro atoms. The second-order valence-electron chi connectivity index (χ2n) is 13.2. The van der Waals surface area contributed by atoms with Crippen molar-refractivity contribution < 1.29 is 50.4 Å². The van der Waals surface area contributed by atoms with Gasteiger partial charge in [0.05, 0.1) is 29.4 Å². The summed E-state index contributed by atoms with van der Waals surface area (Å²) in [5.41, 5.74) is 8.69. The molecule has 2 aromatic heterocycles. The number of nitrogens with zero attached hydrogens (tertiary/aromatic N) is 6. The Kier molecular flexibility index (Phi) is 17.1. The monoisotopic (exact) mass is 1110 g/mol. The average Bonchev–Trinajstić information content (AvgIpc) is 3.82. The van der Waals surface area contributed by atoms with E-state index in [1.807, 2.05) is 102 Å². The standard InChI is InChI=1S/C21H17N3.C21H16N3.C5H12O2.2Ir/c2*1-16-22-21(18-11-6-3-7-12-18)24(23-16)20-14-8-13-19(15-20)17-9-4-2-5-10-17;1-4(6)3-5(2)7;;/h2-15H,1H3;2-11,13-15H,1H3;4-7H,3H2,1-2H3;;/q;-1;;;. The summed E-state index contributed by atoms with van der Waals surface area (Å²) in [4.78, 5) is 9.19. The number of hydrogen-bond acceptors (Lipinski definition) is 6. The predicted molar refractivity (Wildman–Crippen MR) is 221 cm³/mol. The number of benzene rings is 6. The molecule has 2 atom stereocenters. The fourth-order valence-corrected chi connectivity index (χ4v) is 6.06. The summed E-state index contributed by atoms with van der Waals surface area (Å²) in [7, 11) is 0. The van der Waals surface area contributed by atoms with Crippen molar-refractivity contribution in [1.82, 2.24) is 29.5 Å². The molecule has 0 saturated heterocycles. The van der Waals surface area contributed by atoms with E-state index in [4.69, 9.17) is 10.2 Å². The van der Waals surface area contributed by atoms with Crippen LogP contribution < -0.4 is 0 Å². The summed E-state index contributed by atoms with van der Waals surface area (Å²) in [5, 5.41) is 26.3. The molecular weight excluding hydrogens is 1060 g/mol. The van der Waals surface area contributed by atoms with Crippen LogP contribution in [0.2, 0.25) is 0 Å². The van der Waals surface area contributed by atoms with Gasteiger partial charge in [0.1, 0.15) is 11.6 Å². The Hall–Kier alpha value is -5.18. The molecule has 57 heavy (non-hydrogen) atoms. The molecule has 2 radical (unpaired) electrons. The van der Waals surface area contributed by atoms with Crippen LogP contribution in [0.25, 0.3) is 56.4 Å². The van der Waals surface area contributed by atoms with E-state index in [1.165, 1.54) is 16.7 Å². The molecule has 0 aliphatic carbocycles. The van der Waals surface area contributed by atoms with Gasteiger partial charge in [-0.3, -0.25) is 9.67 Å². The van der Waals surface area contributed by atoms with Crippen LogP contribution in [0.15, 0.2) is 164 Å². The topological polar surface area (TPSA) is 102 Å². The van der Waals surface area contributed by atoms with Crippen molar-refractivity contribution in [3.8, 4) is 56.4 Å². The maximum absolute atomic E-state index is 8.56. The first kappa shape index (κ1) is 44.5. The third-order valence-corrected chi connectivity index (χ3v) is 8.49. The summed E-state index contributed by atoms with van der Waals surface area (Å²) in [6.45, 7) is 7.15. The van der Waals surface area contributed by atoms with E-state index < -0.39 is 0 Å². The Morgan fingerprint density at radius 1 is 0.491 bits per heavy atom. The molecule has 2 unspecified atom stereocenters. The average molecular weight is 1110 g/mol. The minimum Gasteiger partial charge on any atom is -0.393 e. The third kappa shape index (κ3) is 12.4. The molecule has 8 nitrogen and oxygen atoms in total. The Morgan fingerprint density at radius 2 is 0.895 bits per heavy atom. The minimum absolute atomic E-state index is 0. The van der Waals surface area contributed by atoms with Gasteiger partial charge in [0, 0.05) is 45.8 Å². The zero-order valence-corrected chi connectivity index (χ0v) is 37.0. The van der Waals surface area contributed by atoms with Crippen LogP contribution in [0.4, 0.5) is 0 Å². The van der Waals surface area contributed by atoms with Crippen LogP contribution in [0.3, 0.4) is 0 Å². The second kappa shape index (κ2) is 21.9. The minimum atomic E-state index is -0.375. The van der Waals surface area contributed by atoms with E-state index in [0.29, 0.717) is 6.42 Å². The molecule has 8 aromatic rings. The molecule has 2 N–H and O–H groups in total. The molecule has 0 bridgehead atoms. The molecule has 0 saturated carbocycles. The zero-order valence-electron chi connectivity index (χ0n) is 32.2. The molecular formula is C47H45Ir2N6O2-. The van der Waals surface area contributed by atoms with Crippen molar-refractivity contribution in [2.75, 3.05) is 0 Å². The Balaban J connectivity index is 0.000000211. The Bertz CT molecular complexity index is 2220. The van der Waals surface area contributed by atoms with Crippen LogP contribution >= 0.6 is 0 Å². The summed E-state index contributed by atoms with van der Waals surface area (Å²) in [6.07, 6.45) is -0.278. The van der Waals surface area contributed by atoms with Crippen LogP contribution in [0.1, 0.15) is 31.9 Å². The van der Waals surface area contributed by atoms with Crippen molar-refractivity contribution >= 4 is 0 Å². The first-order chi connectivity index (χ1) is 26.7. The van der Waals surface area contributed by atoms with Gasteiger partial charge in [0.2, 0.25) is 0 Å². The molecule has 2 heterocycles. The second-order valence-corrected chi connectivity index (χ2v) is 13.2.